The lowest BCUT2D eigenvalue weighted by Crippen LogP contribution is -2.31. The van der Waals surface area contributed by atoms with Crippen molar-refractivity contribution in [3.63, 3.8) is 0 Å². The van der Waals surface area contributed by atoms with Gasteiger partial charge >= 0.3 is 0 Å². The van der Waals surface area contributed by atoms with Gasteiger partial charge in [-0.05, 0) is 71.6 Å². The number of hydrogen-bond acceptors (Lipinski definition) is 3. The normalized spacial score (nSPS) is 10.5. The fraction of sp³-hybridized carbons (Fsp3) is 0.176. The quantitative estimate of drug-likeness (QED) is 0.312. The minimum absolute atomic E-state index is 0.501. The molecule has 0 saturated carbocycles. The fourth-order valence-electron chi connectivity index (χ4n) is 1.82. The third-order valence-electron chi connectivity index (χ3n) is 2.93. The van der Waals surface area contributed by atoms with Crippen molar-refractivity contribution in [2.24, 2.45) is 5.10 Å². The zero-order valence-corrected chi connectivity index (χ0v) is 15.7. The number of benzene rings is 2. The second-order valence-corrected chi connectivity index (χ2v) is 6.34. The number of ether oxygens (including phenoxy) is 1. The predicted octanol–water partition coefficient (Wildman–Crippen LogP) is 3.69. The van der Waals surface area contributed by atoms with Gasteiger partial charge in [0, 0.05) is 15.7 Å². The van der Waals surface area contributed by atoms with Gasteiger partial charge in [0.15, 0.2) is 5.11 Å². The summed E-state index contributed by atoms with van der Waals surface area (Å²) in [6.07, 6.45) is 1.70. The molecule has 0 heterocycles. The molecule has 0 atom stereocenters. The zero-order valence-electron chi connectivity index (χ0n) is 12.8. The highest BCUT2D eigenvalue weighted by molar-refractivity contribution is 14.1. The summed E-state index contributed by atoms with van der Waals surface area (Å²) in [5, 5.41) is 7.60. The minimum atomic E-state index is 0.501. The number of nitrogens with zero attached hydrogens (tertiary/aromatic N) is 1. The van der Waals surface area contributed by atoms with E-state index in [0.29, 0.717) is 11.7 Å². The molecule has 0 aliphatic rings. The van der Waals surface area contributed by atoms with Crippen molar-refractivity contribution in [2.45, 2.75) is 13.5 Å². The molecule has 0 radical (unpaired) electrons. The molecule has 2 aromatic rings. The molecule has 6 heteroatoms. The van der Waals surface area contributed by atoms with Crippen LogP contribution in [0.5, 0.6) is 5.75 Å². The Bertz CT molecular complexity index is 674. The molecule has 120 valence electrons. The Balaban J connectivity index is 1.98. The van der Waals surface area contributed by atoms with Crippen LogP contribution in [0.3, 0.4) is 0 Å². The lowest BCUT2D eigenvalue weighted by atomic mass is 10.2. The van der Waals surface area contributed by atoms with E-state index in [9.17, 15) is 0 Å². The number of nitrogens with one attached hydrogen (secondary N) is 2. The minimum Gasteiger partial charge on any atom is -0.488 e. The lowest BCUT2D eigenvalue weighted by molar-refractivity contribution is 0.306. The monoisotopic (exact) mass is 439 g/mol. The first-order valence-electron chi connectivity index (χ1n) is 7.22. The summed E-state index contributed by atoms with van der Waals surface area (Å²) in [6, 6.07) is 16.0. The number of hydrazone groups is 1. The molecule has 4 nitrogen and oxygen atoms in total. The maximum absolute atomic E-state index is 5.90. The summed E-state index contributed by atoms with van der Waals surface area (Å²) in [5.74, 6) is 0.783. The van der Waals surface area contributed by atoms with Gasteiger partial charge < -0.3 is 10.1 Å². The maximum atomic E-state index is 5.90. The lowest BCUT2D eigenvalue weighted by Gasteiger charge is -2.09. The van der Waals surface area contributed by atoms with E-state index in [1.807, 2.05) is 31.2 Å². The molecule has 0 aliphatic heterocycles. The molecule has 0 spiro atoms. The van der Waals surface area contributed by atoms with Crippen LogP contribution in [-0.2, 0) is 6.61 Å². The standard InChI is InChI=1S/C17H18IN3OS/c1-2-19-17(23)21-20-11-14-5-3-4-6-16(14)22-12-13-7-9-15(18)10-8-13/h3-11H,2,12H2,1H3,(H2,19,21,23). The van der Waals surface area contributed by atoms with Crippen molar-refractivity contribution in [3.05, 3.63) is 63.2 Å². The van der Waals surface area contributed by atoms with E-state index in [2.05, 4.69) is 62.7 Å². The third-order valence-corrected chi connectivity index (χ3v) is 3.89. The highest BCUT2D eigenvalue weighted by Gasteiger charge is 2.01. The number of hydrogen-bond donors (Lipinski definition) is 2. The van der Waals surface area contributed by atoms with E-state index >= 15 is 0 Å². The number of thiocarbonyl (C=S) groups is 1. The Morgan fingerprint density at radius 2 is 1.96 bits per heavy atom. The zero-order chi connectivity index (χ0) is 16.5. The van der Waals surface area contributed by atoms with Crippen LogP contribution in [0, 0.1) is 3.57 Å². The second kappa shape index (κ2) is 9.46. The summed E-state index contributed by atoms with van der Waals surface area (Å²) >= 11 is 7.35. The average molecular weight is 439 g/mol. The summed E-state index contributed by atoms with van der Waals surface area (Å²) < 4.78 is 7.11. The Morgan fingerprint density at radius 3 is 2.70 bits per heavy atom. The molecule has 0 fully saturated rings. The summed E-state index contributed by atoms with van der Waals surface area (Å²) in [5.41, 5.74) is 4.79. The first-order valence-corrected chi connectivity index (χ1v) is 8.71. The largest absolute Gasteiger partial charge is 0.488 e. The smallest absolute Gasteiger partial charge is 0.186 e. The van der Waals surface area contributed by atoms with Crippen LogP contribution < -0.4 is 15.5 Å². The van der Waals surface area contributed by atoms with E-state index in [1.54, 1.807) is 6.21 Å². The Kier molecular flexibility index (Phi) is 7.28. The van der Waals surface area contributed by atoms with Gasteiger partial charge in [0.05, 0.1) is 6.21 Å². The first-order chi connectivity index (χ1) is 11.2. The van der Waals surface area contributed by atoms with Crippen LogP contribution in [0.15, 0.2) is 53.6 Å². The van der Waals surface area contributed by atoms with Crippen LogP contribution in [0.25, 0.3) is 0 Å². The van der Waals surface area contributed by atoms with E-state index < -0.39 is 0 Å². The van der Waals surface area contributed by atoms with Gasteiger partial charge in [0.25, 0.3) is 0 Å². The molecule has 0 amide bonds. The molecule has 0 bridgehead atoms. The molecule has 0 aliphatic carbocycles. The molecule has 2 rings (SSSR count). The Labute approximate surface area is 155 Å². The van der Waals surface area contributed by atoms with Crippen LogP contribution in [0.2, 0.25) is 0 Å². The maximum Gasteiger partial charge on any atom is 0.186 e. The number of para-hydroxylation sites is 1. The van der Waals surface area contributed by atoms with Crippen molar-refractivity contribution in [1.82, 2.24) is 10.7 Å². The first kappa shape index (κ1) is 17.7. The summed E-state index contributed by atoms with van der Waals surface area (Å²) in [6.45, 7) is 3.26. The third kappa shape index (κ3) is 6.15. The van der Waals surface area contributed by atoms with Crippen molar-refractivity contribution < 1.29 is 4.74 Å². The Morgan fingerprint density at radius 1 is 1.22 bits per heavy atom. The molecule has 23 heavy (non-hydrogen) atoms. The predicted molar refractivity (Wildman–Crippen MR) is 107 cm³/mol. The topological polar surface area (TPSA) is 45.7 Å². The molecule has 0 unspecified atom stereocenters. The Hall–Kier alpha value is -1.67. The van der Waals surface area contributed by atoms with E-state index in [4.69, 9.17) is 17.0 Å². The van der Waals surface area contributed by atoms with Crippen LogP contribution in [0.1, 0.15) is 18.1 Å². The van der Waals surface area contributed by atoms with Gasteiger partial charge in [0.1, 0.15) is 12.4 Å². The fourth-order valence-corrected chi connectivity index (χ4v) is 2.38. The van der Waals surface area contributed by atoms with E-state index in [1.165, 1.54) is 3.57 Å². The summed E-state index contributed by atoms with van der Waals surface area (Å²) in [4.78, 5) is 0. The van der Waals surface area contributed by atoms with Crippen molar-refractivity contribution in [2.75, 3.05) is 6.54 Å². The van der Waals surface area contributed by atoms with E-state index in [-0.39, 0.29) is 0 Å². The van der Waals surface area contributed by atoms with Gasteiger partial charge in [-0.15, -0.1) is 0 Å². The molecule has 2 N–H and O–H groups in total. The van der Waals surface area contributed by atoms with Crippen LogP contribution in [-0.4, -0.2) is 17.9 Å². The van der Waals surface area contributed by atoms with Gasteiger partial charge in [-0.1, -0.05) is 24.3 Å². The molecular weight excluding hydrogens is 421 g/mol. The molecule has 2 aromatic carbocycles. The average Bonchev–Trinajstić information content (AvgIpc) is 2.56. The number of rotatable bonds is 6. The van der Waals surface area contributed by atoms with Crippen molar-refractivity contribution in [3.8, 4) is 5.75 Å². The number of halogens is 1. The van der Waals surface area contributed by atoms with Crippen LogP contribution >= 0.6 is 34.8 Å². The van der Waals surface area contributed by atoms with Crippen molar-refractivity contribution in [1.29, 1.82) is 0 Å². The summed E-state index contributed by atoms with van der Waals surface area (Å²) in [7, 11) is 0. The molecule has 0 saturated heterocycles. The van der Waals surface area contributed by atoms with Gasteiger partial charge in [-0.2, -0.15) is 5.10 Å². The van der Waals surface area contributed by atoms with Gasteiger partial charge in [-0.25, -0.2) is 0 Å². The van der Waals surface area contributed by atoms with Gasteiger partial charge in [0.2, 0.25) is 0 Å². The van der Waals surface area contributed by atoms with Crippen LogP contribution in [0.4, 0.5) is 0 Å². The SMILES string of the molecule is CCNC(=S)NN=Cc1ccccc1OCc1ccc(I)cc1. The van der Waals surface area contributed by atoms with Gasteiger partial charge in [-0.3, -0.25) is 5.43 Å². The highest BCUT2D eigenvalue weighted by atomic mass is 127. The molecular formula is C17H18IN3OS. The second-order valence-electron chi connectivity index (χ2n) is 4.68. The molecule has 0 aromatic heterocycles. The van der Waals surface area contributed by atoms with E-state index in [0.717, 1.165) is 23.4 Å². The highest BCUT2D eigenvalue weighted by Crippen LogP contribution is 2.18. The van der Waals surface area contributed by atoms with Crippen molar-refractivity contribution >= 4 is 46.1 Å².